The molecular weight excluding hydrogens is 312 g/mol. The van der Waals surface area contributed by atoms with E-state index >= 15 is 0 Å². The van der Waals surface area contributed by atoms with Crippen molar-refractivity contribution < 1.29 is 14.7 Å². The van der Waals surface area contributed by atoms with E-state index in [1.165, 1.54) is 18.7 Å². The molecule has 1 aromatic rings. The lowest BCUT2D eigenvalue weighted by atomic mass is 10.1. The number of aromatic nitrogens is 1. The van der Waals surface area contributed by atoms with E-state index in [0.29, 0.717) is 0 Å². The summed E-state index contributed by atoms with van der Waals surface area (Å²) in [6, 6.07) is 3.03. The summed E-state index contributed by atoms with van der Waals surface area (Å²) in [4.78, 5) is 27.3. The van der Waals surface area contributed by atoms with Crippen LogP contribution in [0.1, 0.15) is 25.1 Å². The third-order valence-electron chi connectivity index (χ3n) is 3.22. The molecule has 1 aromatic heterocycles. The normalized spacial score (nSPS) is 16.3. The fraction of sp³-hybridized carbons (Fsp3) is 0.235. The van der Waals surface area contributed by atoms with Gasteiger partial charge in [-0.2, -0.15) is 0 Å². The average molecular weight is 330 g/mol. The smallest absolute Gasteiger partial charge is 0.327 e. The lowest BCUT2D eigenvalue weighted by molar-refractivity contribution is -0.140. The summed E-state index contributed by atoms with van der Waals surface area (Å²) in [6.45, 7) is 3.23. The molecule has 1 amide bonds. The second-order valence-corrected chi connectivity index (χ2v) is 6.34. The lowest BCUT2D eigenvalue weighted by Gasteiger charge is -2.12. The molecule has 0 aromatic carbocycles. The van der Waals surface area contributed by atoms with Gasteiger partial charge in [-0.25, -0.2) is 4.79 Å². The molecule has 2 rings (SSSR count). The number of nitrogens with zero attached hydrogens (tertiary/aromatic N) is 1. The van der Waals surface area contributed by atoms with Crippen LogP contribution in [0.3, 0.4) is 0 Å². The summed E-state index contributed by atoms with van der Waals surface area (Å²) < 4.78 is 0. The largest absolute Gasteiger partial charge is 0.480 e. The highest BCUT2D eigenvalue weighted by Gasteiger charge is 2.18. The van der Waals surface area contributed by atoms with Crippen LogP contribution < -0.4 is 5.32 Å². The maximum Gasteiger partial charge on any atom is 0.327 e. The first kappa shape index (κ1) is 17.0. The molecule has 0 radical (unpaired) electrons. The van der Waals surface area contributed by atoms with Crippen LogP contribution in [-0.4, -0.2) is 33.8 Å². The Bertz CT molecular complexity index is 708. The Morgan fingerprint density at radius 1 is 1.39 bits per heavy atom. The Hall–Kier alpha value is -2.34. The van der Waals surface area contributed by atoms with E-state index < -0.39 is 12.0 Å². The number of carbonyl (C=O) groups is 2. The molecule has 1 aliphatic rings. The van der Waals surface area contributed by atoms with Crippen molar-refractivity contribution in [1.29, 1.82) is 0 Å². The zero-order chi connectivity index (χ0) is 16.8. The van der Waals surface area contributed by atoms with E-state index in [4.69, 9.17) is 5.11 Å². The Morgan fingerprint density at radius 2 is 2.17 bits per heavy atom. The first-order valence-corrected chi connectivity index (χ1v) is 8.10. The third kappa shape index (κ3) is 4.82. The summed E-state index contributed by atoms with van der Waals surface area (Å²) in [6.07, 6.45) is 9.66. The Morgan fingerprint density at radius 3 is 2.87 bits per heavy atom. The van der Waals surface area contributed by atoms with Crippen molar-refractivity contribution >= 4 is 35.3 Å². The van der Waals surface area contributed by atoms with Gasteiger partial charge >= 0.3 is 5.97 Å². The van der Waals surface area contributed by atoms with Crippen LogP contribution in [0.15, 0.2) is 41.5 Å². The van der Waals surface area contributed by atoms with E-state index in [2.05, 4.69) is 10.3 Å². The van der Waals surface area contributed by atoms with Crippen molar-refractivity contribution in [3.05, 3.63) is 52.7 Å². The van der Waals surface area contributed by atoms with Crippen LogP contribution in [0, 0.1) is 0 Å². The summed E-state index contributed by atoms with van der Waals surface area (Å²) in [5.41, 5.74) is 3.11. The van der Waals surface area contributed by atoms with Gasteiger partial charge in [0.2, 0.25) is 5.91 Å². The predicted molar refractivity (Wildman–Crippen MR) is 92.7 cm³/mol. The molecule has 1 aliphatic carbocycles. The van der Waals surface area contributed by atoms with Crippen molar-refractivity contribution in [3.8, 4) is 0 Å². The number of fused-ring (bicyclic) bond motifs is 1. The number of hydrogen-bond donors (Lipinski definition) is 2. The monoisotopic (exact) mass is 330 g/mol. The molecule has 0 saturated carbocycles. The molecule has 0 unspecified atom stereocenters. The van der Waals surface area contributed by atoms with Gasteiger partial charge < -0.3 is 10.4 Å². The van der Waals surface area contributed by atoms with Crippen LogP contribution in [0.5, 0.6) is 0 Å². The maximum atomic E-state index is 11.1. The van der Waals surface area contributed by atoms with Gasteiger partial charge in [0.15, 0.2) is 0 Å². The molecule has 2 N–H and O–H groups in total. The van der Waals surface area contributed by atoms with Crippen LogP contribution in [0.25, 0.3) is 11.6 Å². The Kier molecular flexibility index (Phi) is 5.76. The lowest BCUT2D eigenvalue weighted by Crippen LogP contribution is -2.41. The van der Waals surface area contributed by atoms with Crippen LogP contribution >= 0.6 is 11.8 Å². The van der Waals surface area contributed by atoms with Gasteiger partial charge in [0.05, 0.1) is 5.69 Å². The third-order valence-corrected chi connectivity index (χ3v) is 4.31. The first-order chi connectivity index (χ1) is 11.0. The maximum absolute atomic E-state index is 11.1. The van der Waals surface area contributed by atoms with E-state index in [-0.39, 0.29) is 11.7 Å². The molecule has 120 valence electrons. The number of allylic oxidation sites excluding steroid dienone is 5. The molecule has 1 heterocycles. The molecule has 23 heavy (non-hydrogen) atoms. The number of rotatable bonds is 6. The number of nitrogens with one attached hydrogen (secondary N) is 1. The van der Waals surface area contributed by atoms with Crippen LogP contribution in [0.4, 0.5) is 0 Å². The molecule has 0 bridgehead atoms. The zero-order valence-corrected chi connectivity index (χ0v) is 13.8. The zero-order valence-electron chi connectivity index (χ0n) is 12.9. The van der Waals surface area contributed by atoms with Crippen LogP contribution in [-0.2, 0) is 9.59 Å². The predicted octanol–water partition coefficient (Wildman–Crippen LogP) is 2.72. The minimum atomic E-state index is -1.03. The van der Waals surface area contributed by atoms with E-state index in [1.54, 1.807) is 6.20 Å². The Balaban J connectivity index is 1.98. The van der Waals surface area contributed by atoms with E-state index in [0.717, 1.165) is 21.7 Å². The minimum absolute atomic E-state index is 0.286. The van der Waals surface area contributed by atoms with Crippen molar-refractivity contribution in [2.24, 2.45) is 0 Å². The topological polar surface area (TPSA) is 79.3 Å². The highest BCUT2D eigenvalue weighted by atomic mass is 32.2. The molecule has 5 nitrogen and oxygen atoms in total. The number of carbonyl (C=O) groups excluding carboxylic acids is 1. The van der Waals surface area contributed by atoms with Crippen molar-refractivity contribution in [2.45, 2.75) is 19.9 Å². The summed E-state index contributed by atoms with van der Waals surface area (Å²) >= 11 is 1.40. The van der Waals surface area contributed by atoms with Gasteiger partial charge in [-0.15, -0.1) is 11.8 Å². The van der Waals surface area contributed by atoms with Crippen molar-refractivity contribution in [2.75, 3.05) is 5.75 Å². The molecule has 0 saturated heterocycles. The fourth-order valence-corrected chi connectivity index (χ4v) is 2.91. The molecule has 1 atom stereocenters. The second-order valence-electron chi connectivity index (χ2n) is 5.07. The van der Waals surface area contributed by atoms with Gasteiger partial charge in [-0.05, 0) is 29.5 Å². The molecular formula is C17H18N2O3S. The number of carboxylic acids is 1. The van der Waals surface area contributed by atoms with E-state index in [9.17, 15) is 9.59 Å². The summed E-state index contributed by atoms with van der Waals surface area (Å²) in [5, 5.41) is 11.5. The fourth-order valence-electron chi connectivity index (χ4n) is 2.09. The standard InChI is InChI=1S/C17H18N2O3S/c1-11(23-10-16(17(21)22)19-12(2)20)5-6-13-7-8-15-14(13)4-3-9-18-15/h3-9,16H,10H2,1-2H3,(H,19,20)(H,21,22)/b11-5+,13-6-/t16-/m0/s1. The Labute approximate surface area is 139 Å². The number of pyridine rings is 1. The average Bonchev–Trinajstić information content (AvgIpc) is 2.92. The van der Waals surface area contributed by atoms with Gasteiger partial charge in [-0.1, -0.05) is 24.3 Å². The number of amides is 1. The van der Waals surface area contributed by atoms with E-state index in [1.807, 2.05) is 43.4 Å². The second kappa shape index (κ2) is 7.78. The van der Waals surface area contributed by atoms with Crippen LogP contribution in [0.2, 0.25) is 0 Å². The van der Waals surface area contributed by atoms with Crippen molar-refractivity contribution in [1.82, 2.24) is 10.3 Å². The summed E-state index contributed by atoms with van der Waals surface area (Å²) in [7, 11) is 0. The quantitative estimate of drug-likeness (QED) is 0.838. The number of thioether (sulfide) groups is 1. The van der Waals surface area contributed by atoms with Crippen molar-refractivity contribution in [3.63, 3.8) is 0 Å². The number of carboxylic acid groups (broad SMARTS) is 1. The molecule has 6 heteroatoms. The highest BCUT2D eigenvalue weighted by Crippen LogP contribution is 2.27. The first-order valence-electron chi connectivity index (χ1n) is 7.12. The molecule has 0 aliphatic heterocycles. The summed E-state index contributed by atoms with van der Waals surface area (Å²) in [5.74, 6) is -1.09. The van der Waals surface area contributed by atoms with Gasteiger partial charge in [-0.3, -0.25) is 9.78 Å². The minimum Gasteiger partial charge on any atom is -0.480 e. The number of aliphatic carboxylic acids is 1. The molecule has 0 fully saturated rings. The molecule has 0 spiro atoms. The highest BCUT2D eigenvalue weighted by molar-refractivity contribution is 8.03. The van der Waals surface area contributed by atoms with Gasteiger partial charge in [0.1, 0.15) is 6.04 Å². The number of hydrogen-bond acceptors (Lipinski definition) is 4. The van der Waals surface area contributed by atoms with Gasteiger partial charge in [0, 0.05) is 24.4 Å². The SMILES string of the molecule is CC(=O)N[C@@H](CS/C(C)=C/C=C1/C=Cc2ncccc21)C(=O)O. The van der Waals surface area contributed by atoms with Gasteiger partial charge in [0.25, 0.3) is 0 Å².